The van der Waals surface area contributed by atoms with Gasteiger partial charge in [-0.15, -0.1) is 11.8 Å². The molecule has 1 aromatic heterocycles. The largest absolute Gasteiger partial charge is 0.496 e. The molecule has 0 spiro atoms. The summed E-state index contributed by atoms with van der Waals surface area (Å²) in [5, 5.41) is 3.54. The van der Waals surface area contributed by atoms with Crippen LogP contribution in [0.5, 0.6) is 5.75 Å². The number of aryl methyl sites for hydroxylation is 1. The van der Waals surface area contributed by atoms with Crippen LogP contribution in [0.15, 0.2) is 66.9 Å². The van der Waals surface area contributed by atoms with Crippen molar-refractivity contribution in [3.05, 3.63) is 111 Å². The number of amides is 5. The Morgan fingerprint density at radius 3 is 2.30 bits per heavy atom. The van der Waals surface area contributed by atoms with E-state index in [9.17, 15) is 28.5 Å². The Bertz CT molecular complexity index is 2590. The number of halogens is 1. The SMILES string of the molecule is COc1cc(N2CCN(C(=O)CCCCCC#CCCCCCc3cccc4c3C(=O)N(C3CCC(=O)NC3=O)C4=O)CC2)ccc1Cc1ncc(Cl)c(Cc2ccccc2P(C)(C)=O)n1. The van der Waals surface area contributed by atoms with Crippen molar-refractivity contribution in [2.45, 2.75) is 95.9 Å². The highest BCUT2D eigenvalue weighted by molar-refractivity contribution is 7.70. The van der Waals surface area contributed by atoms with E-state index >= 15 is 0 Å². The van der Waals surface area contributed by atoms with Crippen LogP contribution >= 0.6 is 18.7 Å². The zero-order chi connectivity index (χ0) is 46.8. The first-order valence-corrected chi connectivity index (χ1v) is 25.9. The minimum Gasteiger partial charge on any atom is -0.496 e. The van der Waals surface area contributed by atoms with Gasteiger partial charge in [-0.2, -0.15) is 0 Å². The number of hydrogen-bond donors (Lipinski definition) is 1. The third-order valence-corrected chi connectivity index (χ3v) is 14.4. The maximum atomic E-state index is 13.3. The van der Waals surface area contributed by atoms with Gasteiger partial charge in [0.05, 0.1) is 29.0 Å². The summed E-state index contributed by atoms with van der Waals surface area (Å²) in [6.07, 6.45) is 11.0. The van der Waals surface area contributed by atoms with Crippen LogP contribution in [0, 0.1) is 11.8 Å². The molecule has 3 aliphatic rings. The summed E-state index contributed by atoms with van der Waals surface area (Å²) in [4.78, 5) is 78.1. The minimum atomic E-state index is -2.49. The number of benzene rings is 3. The Kier molecular flexibility index (Phi) is 16.1. The van der Waals surface area contributed by atoms with E-state index in [0.717, 1.165) is 103 Å². The van der Waals surface area contributed by atoms with Crippen molar-refractivity contribution in [3.63, 3.8) is 0 Å². The molecule has 3 aliphatic heterocycles. The fraction of sp³-hybridized carbons (Fsp3) is 0.431. The number of carbonyl (C=O) groups excluding carboxylic acids is 5. The molecule has 0 bridgehead atoms. The van der Waals surface area contributed by atoms with Crippen LogP contribution in [0.3, 0.4) is 0 Å². The Morgan fingerprint density at radius 2 is 1.58 bits per heavy atom. The molecule has 2 fully saturated rings. The quantitative estimate of drug-likeness (QED) is 0.0462. The number of unbranched alkanes of at least 4 members (excludes halogenated alkanes) is 6. The average molecular weight is 933 g/mol. The van der Waals surface area contributed by atoms with E-state index in [1.807, 2.05) is 47.4 Å². The van der Waals surface area contributed by atoms with Gasteiger partial charge in [0.15, 0.2) is 0 Å². The molecule has 5 amide bonds. The number of piperidine rings is 1. The van der Waals surface area contributed by atoms with Gasteiger partial charge in [-0.25, -0.2) is 9.97 Å². The number of nitrogens with zero attached hydrogens (tertiary/aromatic N) is 5. The number of hydrogen-bond acceptors (Lipinski definition) is 10. The molecular formula is C51H58ClN6O7P. The molecule has 2 saturated heterocycles. The zero-order valence-corrected chi connectivity index (χ0v) is 39.7. The fourth-order valence-corrected chi connectivity index (χ4v) is 10.4. The molecule has 3 aromatic carbocycles. The van der Waals surface area contributed by atoms with Crippen LogP contribution in [0.1, 0.15) is 120 Å². The molecule has 15 heteroatoms. The molecule has 4 aromatic rings. The van der Waals surface area contributed by atoms with Gasteiger partial charge < -0.3 is 19.1 Å². The first-order chi connectivity index (χ1) is 31.8. The summed E-state index contributed by atoms with van der Waals surface area (Å²) in [7, 11) is -0.826. The number of methoxy groups -OCH3 is 1. The Hall–Kier alpha value is -5.83. The number of rotatable bonds is 18. The Labute approximate surface area is 392 Å². The topological polar surface area (TPSA) is 159 Å². The lowest BCUT2D eigenvalue weighted by Crippen LogP contribution is -2.54. The predicted molar refractivity (Wildman–Crippen MR) is 256 cm³/mol. The Balaban J connectivity index is 0.776. The maximum absolute atomic E-state index is 13.3. The van der Waals surface area contributed by atoms with Crippen LogP contribution in [0.2, 0.25) is 5.02 Å². The van der Waals surface area contributed by atoms with Gasteiger partial charge in [-0.3, -0.25) is 34.2 Å². The van der Waals surface area contributed by atoms with Crippen molar-refractivity contribution in [1.29, 1.82) is 0 Å². The predicted octanol–water partition coefficient (Wildman–Crippen LogP) is 7.38. The molecular weight excluding hydrogens is 875 g/mol. The second kappa shape index (κ2) is 22.1. The molecule has 346 valence electrons. The van der Waals surface area contributed by atoms with Crippen molar-refractivity contribution in [2.24, 2.45) is 0 Å². The number of carbonyl (C=O) groups is 5. The Morgan fingerprint density at radius 1 is 0.848 bits per heavy atom. The summed E-state index contributed by atoms with van der Waals surface area (Å²) >= 11 is 6.55. The smallest absolute Gasteiger partial charge is 0.262 e. The molecule has 66 heavy (non-hydrogen) atoms. The normalized spacial score (nSPS) is 16.2. The lowest BCUT2D eigenvalue weighted by molar-refractivity contribution is -0.136. The van der Waals surface area contributed by atoms with Crippen LogP contribution in [0.4, 0.5) is 5.69 Å². The number of imide groups is 2. The van der Waals surface area contributed by atoms with Crippen molar-refractivity contribution in [3.8, 4) is 17.6 Å². The van der Waals surface area contributed by atoms with Crippen LogP contribution in [-0.4, -0.2) is 102 Å². The monoisotopic (exact) mass is 932 g/mol. The van der Waals surface area contributed by atoms with Crippen LogP contribution in [-0.2, 0) is 38.2 Å². The lowest BCUT2D eigenvalue weighted by atomic mass is 9.97. The van der Waals surface area contributed by atoms with Gasteiger partial charge in [0.25, 0.3) is 11.8 Å². The number of ether oxygens (including phenoxy) is 1. The maximum Gasteiger partial charge on any atom is 0.262 e. The molecule has 0 aliphatic carbocycles. The second-order valence-electron chi connectivity index (χ2n) is 17.5. The van der Waals surface area contributed by atoms with Crippen molar-refractivity contribution >= 4 is 59.3 Å². The van der Waals surface area contributed by atoms with Gasteiger partial charge in [-0.05, 0) is 75.1 Å². The van der Waals surface area contributed by atoms with E-state index in [4.69, 9.17) is 21.3 Å². The highest BCUT2D eigenvalue weighted by Gasteiger charge is 2.45. The summed E-state index contributed by atoms with van der Waals surface area (Å²) in [6.45, 7) is 6.34. The summed E-state index contributed by atoms with van der Waals surface area (Å²) in [5.41, 5.74) is 5.11. The van der Waals surface area contributed by atoms with E-state index < -0.39 is 36.8 Å². The molecule has 13 nitrogen and oxygen atoms in total. The third-order valence-electron chi connectivity index (χ3n) is 12.5. The van der Waals surface area contributed by atoms with E-state index in [-0.39, 0.29) is 18.7 Å². The summed E-state index contributed by atoms with van der Waals surface area (Å²) in [5.74, 6) is 6.16. The van der Waals surface area contributed by atoms with Gasteiger partial charge in [0, 0.05) is 93.5 Å². The van der Waals surface area contributed by atoms with E-state index in [2.05, 4.69) is 33.1 Å². The van der Waals surface area contributed by atoms with Crippen LogP contribution in [0.25, 0.3) is 0 Å². The van der Waals surface area contributed by atoms with Crippen molar-refractivity contribution in [2.75, 3.05) is 51.5 Å². The van der Waals surface area contributed by atoms with Gasteiger partial charge in [0.2, 0.25) is 17.7 Å². The van der Waals surface area contributed by atoms with Gasteiger partial charge in [-0.1, -0.05) is 66.9 Å². The first-order valence-electron chi connectivity index (χ1n) is 22.9. The second-order valence-corrected chi connectivity index (χ2v) is 21.1. The van der Waals surface area contributed by atoms with Crippen molar-refractivity contribution < 1.29 is 33.3 Å². The first kappa shape index (κ1) is 48.1. The summed E-state index contributed by atoms with van der Waals surface area (Å²) < 4.78 is 18.8. The van der Waals surface area contributed by atoms with E-state index in [0.29, 0.717) is 66.4 Å². The zero-order valence-electron chi connectivity index (χ0n) is 38.1. The van der Waals surface area contributed by atoms with Gasteiger partial charge in [0.1, 0.15) is 24.8 Å². The fourth-order valence-electron chi connectivity index (χ4n) is 8.98. The molecule has 1 atom stereocenters. The minimum absolute atomic E-state index is 0.0912. The highest BCUT2D eigenvalue weighted by atomic mass is 35.5. The molecule has 1 unspecified atom stereocenters. The standard InChI is InChI=1S/C51H58ClN6O7P/c1-65-43-33-38(24-23-36(43)32-45-53-34-40(52)41(54-45)31-37-18-14-15-21-44(37)66(2,3)64)56-27-29-57(30-28-56)47(60)22-13-11-9-7-5-4-6-8-10-12-17-35-19-16-20-39-48(35)51(63)58(50(39)62)42-25-26-46(59)55-49(42)61/h14-16,18-21,23-24,33-34,42H,6-13,17,22,25-32H2,1-3H3,(H,55,59,61). The lowest BCUT2D eigenvalue weighted by Gasteiger charge is -2.36. The molecule has 0 radical (unpaired) electrons. The highest BCUT2D eigenvalue weighted by Crippen LogP contribution is 2.37. The van der Waals surface area contributed by atoms with Crippen molar-refractivity contribution in [1.82, 2.24) is 25.1 Å². The number of aromatic nitrogens is 2. The molecule has 4 heterocycles. The number of fused-ring (bicyclic) bond motifs is 1. The third kappa shape index (κ3) is 11.8. The number of anilines is 1. The van der Waals surface area contributed by atoms with Crippen LogP contribution < -0.4 is 20.3 Å². The van der Waals surface area contributed by atoms with E-state index in [1.165, 1.54) is 0 Å². The van der Waals surface area contributed by atoms with Gasteiger partial charge >= 0.3 is 0 Å². The average Bonchev–Trinajstić information content (AvgIpc) is 3.56. The van der Waals surface area contributed by atoms with E-state index in [1.54, 1.807) is 38.8 Å². The number of nitrogens with one attached hydrogen (secondary N) is 1. The molecule has 7 rings (SSSR count). The molecule has 1 N–H and O–H groups in total. The molecule has 0 saturated carbocycles. The summed E-state index contributed by atoms with van der Waals surface area (Å²) in [6, 6.07) is 18.2. The number of piperazine rings is 1.